The molecule has 0 aromatic rings. The summed E-state index contributed by atoms with van der Waals surface area (Å²) in [4.78, 5) is 38.4. The quantitative estimate of drug-likeness (QED) is 0.0261. The first-order chi connectivity index (χ1) is 40.0. The first-order valence-corrected chi connectivity index (χ1v) is 34.0. The molecule has 0 heterocycles. The molecule has 0 amide bonds. The standard InChI is InChI=1S/C75H126O6/c1-4-7-10-13-16-19-22-25-28-30-32-34-35-36-37-38-39-41-42-44-47-50-53-56-59-62-65-68-74(77)80-71-72(70-79-73(76)67-64-61-58-55-52-49-46-27-24-21-18-15-12-9-6-3)81-75(78)69-66-63-60-57-54-51-48-45-43-40-33-31-29-26-23-20-17-14-11-8-5-2/h7,10,16,18-19,21,25,27-28,31-34,36-37,39,41,44,46-47,72H,4-6,8-9,11-15,17,20,22-24,26,29-30,35,38,40,42-43,45,48-71H2,1-3H3/b10-7-,19-16-,21-18-,28-25-,33-31-,34-32-,37-36-,41-39-,46-27-,47-44-. The fraction of sp³-hybridized carbons (Fsp3) is 0.693. The predicted molar refractivity (Wildman–Crippen MR) is 353 cm³/mol. The molecule has 0 aromatic heterocycles. The minimum Gasteiger partial charge on any atom is -0.462 e. The van der Waals surface area contributed by atoms with Crippen molar-refractivity contribution in [3.05, 3.63) is 122 Å². The molecule has 0 bridgehead atoms. The SMILES string of the molecule is CC/C=C\C/C=C\C/C=C\C/C=C\C/C=C\C/C=C\C/C=C\CCCCCCCC(=O)OCC(COC(=O)CCCCCCC/C=C\C/C=C\CCCCC)OC(=O)CCCCCCCCCCC/C=C\CCCCCCCCCC. The first kappa shape index (κ1) is 76.8. The van der Waals surface area contributed by atoms with Crippen LogP contribution in [-0.4, -0.2) is 37.2 Å². The Balaban J connectivity index is 4.41. The molecule has 0 aliphatic carbocycles. The third-order valence-electron chi connectivity index (χ3n) is 14.4. The number of unbranched alkanes of at least 4 members (excludes halogenated alkanes) is 30. The topological polar surface area (TPSA) is 78.9 Å². The van der Waals surface area contributed by atoms with Crippen LogP contribution in [0.3, 0.4) is 0 Å². The fourth-order valence-electron chi connectivity index (χ4n) is 9.33. The first-order valence-electron chi connectivity index (χ1n) is 34.0. The summed E-state index contributed by atoms with van der Waals surface area (Å²) in [5.41, 5.74) is 0. The number of carbonyl (C=O) groups excluding carboxylic acids is 3. The van der Waals surface area contributed by atoms with Crippen LogP contribution in [0.2, 0.25) is 0 Å². The van der Waals surface area contributed by atoms with E-state index in [-0.39, 0.29) is 31.1 Å². The second-order valence-electron chi connectivity index (χ2n) is 22.3. The predicted octanol–water partition coefficient (Wildman–Crippen LogP) is 23.6. The van der Waals surface area contributed by atoms with Gasteiger partial charge in [-0.25, -0.2) is 0 Å². The number of hydrogen-bond donors (Lipinski definition) is 0. The minimum absolute atomic E-state index is 0.0937. The summed E-state index contributed by atoms with van der Waals surface area (Å²) >= 11 is 0. The van der Waals surface area contributed by atoms with Gasteiger partial charge in [0.25, 0.3) is 0 Å². The van der Waals surface area contributed by atoms with Gasteiger partial charge in [0.1, 0.15) is 13.2 Å². The maximum Gasteiger partial charge on any atom is 0.306 e. The van der Waals surface area contributed by atoms with Crippen molar-refractivity contribution in [2.75, 3.05) is 13.2 Å². The highest BCUT2D eigenvalue weighted by molar-refractivity contribution is 5.71. The van der Waals surface area contributed by atoms with E-state index in [1.165, 1.54) is 128 Å². The van der Waals surface area contributed by atoms with Crippen molar-refractivity contribution in [2.24, 2.45) is 0 Å². The summed E-state index contributed by atoms with van der Waals surface area (Å²) in [7, 11) is 0. The molecule has 0 fully saturated rings. The maximum atomic E-state index is 12.9. The molecule has 0 saturated carbocycles. The Kier molecular flexibility index (Phi) is 64.8. The lowest BCUT2D eigenvalue weighted by atomic mass is 10.1. The number of hydrogen-bond acceptors (Lipinski definition) is 6. The zero-order chi connectivity index (χ0) is 58.5. The third-order valence-corrected chi connectivity index (χ3v) is 14.4. The molecule has 6 nitrogen and oxygen atoms in total. The van der Waals surface area contributed by atoms with Crippen LogP contribution in [0.15, 0.2) is 122 Å². The average molecular weight is 1120 g/mol. The van der Waals surface area contributed by atoms with Crippen molar-refractivity contribution < 1.29 is 28.6 Å². The second kappa shape index (κ2) is 68.3. The van der Waals surface area contributed by atoms with Crippen LogP contribution in [0.1, 0.15) is 316 Å². The smallest absolute Gasteiger partial charge is 0.306 e. The van der Waals surface area contributed by atoms with Gasteiger partial charge >= 0.3 is 17.9 Å². The number of esters is 3. The van der Waals surface area contributed by atoms with Gasteiger partial charge in [0, 0.05) is 19.3 Å². The van der Waals surface area contributed by atoms with E-state index in [4.69, 9.17) is 14.2 Å². The molecule has 6 heteroatoms. The third kappa shape index (κ3) is 66.5. The number of ether oxygens (including phenoxy) is 3. The summed E-state index contributed by atoms with van der Waals surface area (Å²) in [5.74, 6) is -0.920. The number of carbonyl (C=O) groups is 3. The van der Waals surface area contributed by atoms with Gasteiger partial charge in [0.2, 0.25) is 0 Å². The summed E-state index contributed by atoms with van der Waals surface area (Å²) < 4.78 is 16.9. The van der Waals surface area contributed by atoms with E-state index in [1.54, 1.807) is 0 Å². The van der Waals surface area contributed by atoms with Crippen molar-refractivity contribution in [3.8, 4) is 0 Å². The van der Waals surface area contributed by atoms with Crippen molar-refractivity contribution in [1.82, 2.24) is 0 Å². The molecule has 0 N–H and O–H groups in total. The Morgan fingerprint density at radius 2 is 0.481 bits per heavy atom. The van der Waals surface area contributed by atoms with E-state index in [0.29, 0.717) is 19.3 Å². The van der Waals surface area contributed by atoms with Crippen LogP contribution in [0.4, 0.5) is 0 Å². The second-order valence-corrected chi connectivity index (χ2v) is 22.3. The highest BCUT2D eigenvalue weighted by Crippen LogP contribution is 2.16. The molecule has 0 aliphatic heterocycles. The number of rotatable bonds is 61. The van der Waals surface area contributed by atoms with Crippen LogP contribution in [0.25, 0.3) is 0 Å². The van der Waals surface area contributed by atoms with Gasteiger partial charge in [-0.3, -0.25) is 14.4 Å². The molecule has 462 valence electrons. The molecule has 0 aliphatic rings. The molecular weight excluding hydrogens is 997 g/mol. The van der Waals surface area contributed by atoms with E-state index >= 15 is 0 Å². The van der Waals surface area contributed by atoms with E-state index in [2.05, 4.69) is 142 Å². The molecule has 81 heavy (non-hydrogen) atoms. The Bertz CT molecular complexity index is 1670. The molecule has 0 rings (SSSR count). The molecule has 0 spiro atoms. The van der Waals surface area contributed by atoms with Gasteiger partial charge in [0.05, 0.1) is 0 Å². The Morgan fingerprint density at radius 1 is 0.259 bits per heavy atom. The maximum absolute atomic E-state index is 12.9. The van der Waals surface area contributed by atoms with Crippen LogP contribution >= 0.6 is 0 Å². The van der Waals surface area contributed by atoms with Crippen molar-refractivity contribution in [1.29, 1.82) is 0 Å². The van der Waals surface area contributed by atoms with Crippen LogP contribution in [0, 0.1) is 0 Å². The average Bonchev–Trinajstić information content (AvgIpc) is 3.47. The molecule has 1 atom stereocenters. The summed E-state index contributed by atoms with van der Waals surface area (Å²) in [6, 6.07) is 0. The molecular formula is C75H126O6. The normalized spacial score (nSPS) is 12.9. The summed E-state index contributed by atoms with van der Waals surface area (Å²) in [5, 5.41) is 0. The van der Waals surface area contributed by atoms with E-state index in [0.717, 1.165) is 148 Å². The van der Waals surface area contributed by atoms with Crippen LogP contribution in [0.5, 0.6) is 0 Å². The van der Waals surface area contributed by atoms with Gasteiger partial charge < -0.3 is 14.2 Å². The van der Waals surface area contributed by atoms with Gasteiger partial charge in [-0.2, -0.15) is 0 Å². The fourth-order valence-corrected chi connectivity index (χ4v) is 9.33. The zero-order valence-electron chi connectivity index (χ0n) is 53.0. The van der Waals surface area contributed by atoms with Crippen LogP contribution < -0.4 is 0 Å². The zero-order valence-corrected chi connectivity index (χ0v) is 53.0. The van der Waals surface area contributed by atoms with E-state index in [1.807, 2.05) is 0 Å². The van der Waals surface area contributed by atoms with Gasteiger partial charge in [-0.1, -0.05) is 284 Å². The molecule has 0 saturated heterocycles. The Hall–Kier alpha value is -4.19. The molecule has 0 radical (unpaired) electrons. The Morgan fingerprint density at radius 3 is 0.790 bits per heavy atom. The van der Waals surface area contributed by atoms with Gasteiger partial charge in [0.15, 0.2) is 6.10 Å². The highest BCUT2D eigenvalue weighted by Gasteiger charge is 2.19. The lowest BCUT2D eigenvalue weighted by Gasteiger charge is -2.18. The van der Waals surface area contributed by atoms with E-state index in [9.17, 15) is 14.4 Å². The van der Waals surface area contributed by atoms with Crippen molar-refractivity contribution in [3.63, 3.8) is 0 Å². The lowest BCUT2D eigenvalue weighted by molar-refractivity contribution is -0.167. The minimum atomic E-state index is -0.798. The highest BCUT2D eigenvalue weighted by atomic mass is 16.6. The van der Waals surface area contributed by atoms with E-state index < -0.39 is 6.10 Å². The Labute approximate surface area is 501 Å². The molecule has 0 aromatic carbocycles. The van der Waals surface area contributed by atoms with Crippen molar-refractivity contribution in [2.45, 2.75) is 322 Å². The summed E-state index contributed by atoms with van der Waals surface area (Å²) in [6.07, 6.45) is 94.9. The van der Waals surface area contributed by atoms with Gasteiger partial charge in [-0.15, -0.1) is 0 Å². The van der Waals surface area contributed by atoms with Gasteiger partial charge in [-0.05, 0) is 135 Å². The number of allylic oxidation sites excluding steroid dienone is 20. The largest absolute Gasteiger partial charge is 0.462 e. The van der Waals surface area contributed by atoms with Crippen molar-refractivity contribution >= 4 is 17.9 Å². The summed E-state index contributed by atoms with van der Waals surface area (Å²) in [6.45, 7) is 6.49. The molecule has 1 unspecified atom stereocenters. The van der Waals surface area contributed by atoms with Crippen LogP contribution in [-0.2, 0) is 28.6 Å². The monoisotopic (exact) mass is 1120 g/mol. The lowest BCUT2D eigenvalue weighted by Crippen LogP contribution is -2.30.